The second-order valence-corrected chi connectivity index (χ2v) is 12.0. The summed E-state index contributed by atoms with van der Waals surface area (Å²) in [4.78, 5) is 29.3. The summed E-state index contributed by atoms with van der Waals surface area (Å²) in [5, 5.41) is 3.00. The smallest absolute Gasteiger partial charge is 0.243 e. The van der Waals surface area contributed by atoms with Crippen LogP contribution in [0.4, 0.5) is 4.39 Å². The highest BCUT2D eigenvalue weighted by Gasteiger charge is 2.30. The zero-order chi connectivity index (χ0) is 30.7. The minimum atomic E-state index is -3.58. The lowest BCUT2D eigenvalue weighted by Gasteiger charge is -2.32. The van der Waals surface area contributed by atoms with Crippen molar-refractivity contribution in [2.24, 2.45) is 0 Å². The first-order chi connectivity index (χ1) is 20.7. The van der Waals surface area contributed by atoms with E-state index in [2.05, 4.69) is 10.0 Å². The van der Waals surface area contributed by atoms with Gasteiger partial charge in [0.25, 0.3) is 0 Å². The summed E-state index contributed by atoms with van der Waals surface area (Å²) in [6.45, 7) is 2.43. The summed E-state index contributed by atoms with van der Waals surface area (Å²) in [5.41, 5.74) is 3.32. The molecule has 4 rings (SSSR count). The van der Waals surface area contributed by atoms with Gasteiger partial charge in [0.05, 0.1) is 4.90 Å². The van der Waals surface area contributed by atoms with Gasteiger partial charge in [0, 0.05) is 32.5 Å². The van der Waals surface area contributed by atoms with Gasteiger partial charge in [-0.2, -0.15) is 0 Å². The van der Waals surface area contributed by atoms with Crippen molar-refractivity contribution in [2.75, 3.05) is 6.54 Å². The fraction of sp³-hybridized carbons (Fsp3) is 0.235. The maximum absolute atomic E-state index is 13.9. The van der Waals surface area contributed by atoms with E-state index < -0.39 is 16.1 Å². The van der Waals surface area contributed by atoms with Gasteiger partial charge in [0.15, 0.2) is 0 Å². The van der Waals surface area contributed by atoms with Crippen LogP contribution < -0.4 is 10.0 Å². The van der Waals surface area contributed by atoms with Crippen LogP contribution in [0.1, 0.15) is 35.6 Å². The van der Waals surface area contributed by atoms with Crippen molar-refractivity contribution in [1.29, 1.82) is 0 Å². The van der Waals surface area contributed by atoms with Crippen molar-refractivity contribution in [1.82, 2.24) is 14.9 Å². The Hall–Kier alpha value is -4.34. The number of nitrogens with one attached hydrogen (secondary N) is 2. The first-order valence-corrected chi connectivity index (χ1v) is 15.7. The first-order valence-electron chi connectivity index (χ1n) is 14.2. The molecular formula is C34H36FN3O4S. The van der Waals surface area contributed by atoms with Gasteiger partial charge in [0.1, 0.15) is 11.9 Å². The predicted molar refractivity (Wildman–Crippen MR) is 165 cm³/mol. The third kappa shape index (κ3) is 9.33. The Labute approximate surface area is 252 Å². The molecule has 0 saturated heterocycles. The second kappa shape index (κ2) is 15.2. The summed E-state index contributed by atoms with van der Waals surface area (Å²) in [6.07, 6.45) is 0.743. The SMILES string of the molecule is CCNS(=O)(=O)c1ccc(CCC(=O)N(Cc2ccc(F)cc2)[C@@H](Cc2ccccc2)C(=O)NCc2ccccc2)cc1. The molecule has 0 spiro atoms. The molecule has 4 aromatic carbocycles. The fourth-order valence-corrected chi connectivity index (χ4v) is 5.79. The topological polar surface area (TPSA) is 95.6 Å². The van der Waals surface area contributed by atoms with Gasteiger partial charge in [0.2, 0.25) is 21.8 Å². The molecule has 0 aliphatic rings. The number of benzene rings is 4. The van der Waals surface area contributed by atoms with Gasteiger partial charge in [-0.05, 0) is 52.9 Å². The van der Waals surface area contributed by atoms with E-state index in [1.165, 1.54) is 24.3 Å². The third-order valence-corrected chi connectivity index (χ3v) is 8.60. The van der Waals surface area contributed by atoms with Gasteiger partial charge in [-0.1, -0.05) is 91.9 Å². The van der Waals surface area contributed by atoms with E-state index in [0.29, 0.717) is 24.9 Å². The molecule has 0 aliphatic heterocycles. The lowest BCUT2D eigenvalue weighted by molar-refractivity contribution is -0.141. The Morgan fingerprint density at radius 3 is 1.95 bits per heavy atom. The number of amides is 2. The van der Waals surface area contributed by atoms with E-state index in [1.807, 2.05) is 60.7 Å². The largest absolute Gasteiger partial charge is 0.350 e. The number of hydrogen-bond acceptors (Lipinski definition) is 4. The van der Waals surface area contributed by atoms with Crippen molar-refractivity contribution in [3.8, 4) is 0 Å². The molecule has 9 heteroatoms. The molecule has 0 unspecified atom stereocenters. The van der Waals surface area contributed by atoms with Gasteiger partial charge < -0.3 is 10.2 Å². The molecule has 7 nitrogen and oxygen atoms in total. The van der Waals surface area contributed by atoms with Crippen molar-refractivity contribution < 1.29 is 22.4 Å². The average Bonchev–Trinajstić information content (AvgIpc) is 3.02. The average molecular weight is 602 g/mol. The maximum atomic E-state index is 13.9. The van der Waals surface area contributed by atoms with Gasteiger partial charge in [-0.3, -0.25) is 9.59 Å². The van der Waals surface area contributed by atoms with Crippen molar-refractivity contribution in [3.63, 3.8) is 0 Å². The quantitative estimate of drug-likeness (QED) is 0.212. The minimum Gasteiger partial charge on any atom is -0.350 e. The van der Waals surface area contributed by atoms with E-state index in [-0.39, 0.29) is 42.0 Å². The highest BCUT2D eigenvalue weighted by atomic mass is 32.2. The van der Waals surface area contributed by atoms with Crippen LogP contribution in [0, 0.1) is 5.82 Å². The molecule has 0 aromatic heterocycles. The summed E-state index contributed by atoms with van der Waals surface area (Å²) >= 11 is 0. The van der Waals surface area contributed by atoms with Crippen LogP contribution in [0.3, 0.4) is 0 Å². The summed E-state index contributed by atoms with van der Waals surface area (Å²) in [6, 6.07) is 30.5. The molecule has 1 atom stereocenters. The van der Waals surface area contributed by atoms with Crippen LogP contribution in [0.2, 0.25) is 0 Å². The first kappa shape index (κ1) is 31.6. The van der Waals surface area contributed by atoms with E-state index in [0.717, 1.165) is 16.7 Å². The molecule has 0 radical (unpaired) electrons. The third-order valence-electron chi connectivity index (χ3n) is 7.04. The van der Waals surface area contributed by atoms with E-state index in [9.17, 15) is 22.4 Å². The molecule has 2 N–H and O–H groups in total. The normalized spacial score (nSPS) is 12.0. The number of aryl methyl sites for hydroxylation is 1. The molecular weight excluding hydrogens is 565 g/mol. The van der Waals surface area contributed by atoms with Crippen LogP contribution in [0.25, 0.3) is 0 Å². The van der Waals surface area contributed by atoms with E-state index >= 15 is 0 Å². The second-order valence-electron chi connectivity index (χ2n) is 10.2. The highest BCUT2D eigenvalue weighted by Crippen LogP contribution is 2.18. The van der Waals surface area contributed by atoms with Crippen molar-refractivity contribution in [3.05, 3.63) is 137 Å². The summed E-state index contributed by atoms with van der Waals surface area (Å²) in [5.74, 6) is -0.923. The number of sulfonamides is 1. The zero-order valence-electron chi connectivity index (χ0n) is 24.1. The summed E-state index contributed by atoms with van der Waals surface area (Å²) < 4.78 is 40.7. The molecule has 4 aromatic rings. The van der Waals surface area contributed by atoms with Crippen LogP contribution in [0.5, 0.6) is 0 Å². The van der Waals surface area contributed by atoms with Crippen LogP contribution in [-0.4, -0.2) is 37.7 Å². The molecule has 0 heterocycles. The Kier molecular flexibility index (Phi) is 11.2. The number of nitrogens with zero attached hydrogens (tertiary/aromatic N) is 1. The van der Waals surface area contributed by atoms with Gasteiger partial charge >= 0.3 is 0 Å². The number of rotatable bonds is 14. The monoisotopic (exact) mass is 601 g/mol. The van der Waals surface area contributed by atoms with E-state index in [4.69, 9.17) is 0 Å². The van der Waals surface area contributed by atoms with Crippen LogP contribution >= 0.6 is 0 Å². The maximum Gasteiger partial charge on any atom is 0.243 e. The molecule has 43 heavy (non-hydrogen) atoms. The number of halogens is 1. The molecule has 0 fully saturated rings. The van der Waals surface area contributed by atoms with Gasteiger partial charge in [-0.15, -0.1) is 0 Å². The van der Waals surface area contributed by atoms with Crippen LogP contribution in [0.15, 0.2) is 114 Å². The Balaban J connectivity index is 1.58. The Bertz CT molecular complexity index is 1580. The zero-order valence-corrected chi connectivity index (χ0v) is 24.9. The standard InChI is InChI=1S/C34H36FN3O4S/c1-2-37-43(41,42)31-20-15-26(16-21-31)17-22-33(39)38(25-29-13-18-30(35)19-14-29)32(23-27-9-5-3-6-10-27)34(40)36-24-28-11-7-4-8-12-28/h3-16,18-21,32,37H,2,17,22-25H2,1H3,(H,36,40)/t32-/m0/s1. The van der Waals surface area contributed by atoms with Crippen molar-refractivity contribution in [2.45, 2.75) is 50.2 Å². The van der Waals surface area contributed by atoms with Gasteiger partial charge in [-0.25, -0.2) is 17.5 Å². The van der Waals surface area contributed by atoms with Crippen molar-refractivity contribution >= 4 is 21.8 Å². The molecule has 0 aliphatic carbocycles. The molecule has 0 bridgehead atoms. The molecule has 2 amide bonds. The number of carbonyl (C=O) groups is 2. The Morgan fingerprint density at radius 2 is 1.35 bits per heavy atom. The highest BCUT2D eigenvalue weighted by molar-refractivity contribution is 7.89. The number of carbonyl (C=O) groups excluding carboxylic acids is 2. The molecule has 0 saturated carbocycles. The predicted octanol–water partition coefficient (Wildman–Crippen LogP) is 5.01. The summed E-state index contributed by atoms with van der Waals surface area (Å²) in [7, 11) is -3.58. The Morgan fingerprint density at radius 1 is 0.767 bits per heavy atom. The lowest BCUT2D eigenvalue weighted by atomic mass is 10.0. The molecule has 224 valence electrons. The lowest BCUT2D eigenvalue weighted by Crippen LogP contribution is -2.50. The number of hydrogen-bond donors (Lipinski definition) is 2. The van der Waals surface area contributed by atoms with E-state index in [1.54, 1.807) is 36.1 Å². The fourth-order valence-electron chi connectivity index (χ4n) is 4.75. The van der Waals surface area contributed by atoms with Crippen LogP contribution in [-0.2, 0) is 45.5 Å². The minimum absolute atomic E-state index is 0.0950.